The van der Waals surface area contributed by atoms with Gasteiger partial charge in [-0.05, 0) is 25.5 Å². The van der Waals surface area contributed by atoms with Crippen LogP contribution in [0.25, 0.3) is 0 Å². The highest BCUT2D eigenvalue weighted by molar-refractivity contribution is 7.99. The van der Waals surface area contributed by atoms with E-state index in [4.69, 9.17) is 10.2 Å². The standard InChI is InChI=1S/C10H18N4OS/c1-16-8-3-2-7(6-8)12-10-14-13-9(15-10)4-5-11/h7-8H,2-6,11H2,1H3,(H,12,14). The minimum atomic E-state index is 0.476. The van der Waals surface area contributed by atoms with Crippen LogP contribution in [0.5, 0.6) is 0 Å². The van der Waals surface area contributed by atoms with Crippen LogP contribution in [0.15, 0.2) is 4.42 Å². The zero-order valence-electron chi connectivity index (χ0n) is 9.48. The van der Waals surface area contributed by atoms with E-state index in [2.05, 4.69) is 21.8 Å². The Hall–Kier alpha value is -0.750. The van der Waals surface area contributed by atoms with Crippen molar-refractivity contribution < 1.29 is 4.42 Å². The lowest BCUT2D eigenvalue weighted by atomic mass is 10.3. The van der Waals surface area contributed by atoms with Gasteiger partial charge in [-0.15, -0.1) is 5.10 Å². The lowest BCUT2D eigenvalue weighted by Crippen LogP contribution is -2.16. The largest absolute Gasteiger partial charge is 0.408 e. The van der Waals surface area contributed by atoms with Crippen LogP contribution in [0, 0.1) is 0 Å². The Labute approximate surface area is 99.6 Å². The van der Waals surface area contributed by atoms with Gasteiger partial charge in [0.25, 0.3) is 0 Å². The van der Waals surface area contributed by atoms with Gasteiger partial charge in [-0.3, -0.25) is 0 Å². The van der Waals surface area contributed by atoms with Gasteiger partial charge >= 0.3 is 6.01 Å². The predicted octanol–water partition coefficient (Wildman–Crippen LogP) is 1.27. The summed E-state index contributed by atoms with van der Waals surface area (Å²) in [5.74, 6) is 0.615. The first-order valence-corrected chi connectivity index (χ1v) is 6.92. The molecular weight excluding hydrogens is 224 g/mol. The Bertz CT molecular complexity index is 330. The van der Waals surface area contributed by atoms with Crippen molar-refractivity contribution in [2.24, 2.45) is 5.73 Å². The van der Waals surface area contributed by atoms with E-state index in [1.165, 1.54) is 19.3 Å². The second-order valence-electron chi connectivity index (χ2n) is 4.05. The molecule has 1 aromatic heterocycles. The Balaban J connectivity index is 1.84. The summed E-state index contributed by atoms with van der Waals surface area (Å²) in [6.07, 6.45) is 6.43. The Morgan fingerprint density at radius 1 is 1.50 bits per heavy atom. The number of thioether (sulfide) groups is 1. The zero-order chi connectivity index (χ0) is 11.4. The van der Waals surface area contributed by atoms with Gasteiger partial charge in [-0.1, -0.05) is 5.10 Å². The van der Waals surface area contributed by atoms with Gasteiger partial charge in [0.1, 0.15) is 0 Å². The van der Waals surface area contributed by atoms with E-state index in [1.807, 2.05) is 11.8 Å². The van der Waals surface area contributed by atoms with E-state index in [9.17, 15) is 0 Å². The molecule has 90 valence electrons. The molecule has 16 heavy (non-hydrogen) atoms. The normalized spacial score (nSPS) is 24.9. The number of rotatable bonds is 5. The van der Waals surface area contributed by atoms with Gasteiger partial charge < -0.3 is 15.5 Å². The van der Waals surface area contributed by atoms with Crippen LogP contribution in [-0.2, 0) is 6.42 Å². The van der Waals surface area contributed by atoms with Gasteiger partial charge in [-0.25, -0.2) is 0 Å². The zero-order valence-corrected chi connectivity index (χ0v) is 10.3. The maximum atomic E-state index is 5.43. The van der Waals surface area contributed by atoms with Crippen LogP contribution in [-0.4, -0.2) is 34.3 Å². The maximum absolute atomic E-state index is 5.43. The van der Waals surface area contributed by atoms with Crippen molar-refractivity contribution in [3.8, 4) is 0 Å². The lowest BCUT2D eigenvalue weighted by Gasteiger charge is -2.09. The van der Waals surface area contributed by atoms with E-state index in [-0.39, 0.29) is 0 Å². The van der Waals surface area contributed by atoms with Crippen LogP contribution in [0.1, 0.15) is 25.2 Å². The molecule has 0 amide bonds. The van der Waals surface area contributed by atoms with Crippen molar-refractivity contribution in [3.63, 3.8) is 0 Å². The highest BCUT2D eigenvalue weighted by atomic mass is 32.2. The molecule has 0 radical (unpaired) electrons. The molecule has 2 unspecified atom stereocenters. The maximum Gasteiger partial charge on any atom is 0.315 e. The van der Waals surface area contributed by atoms with Crippen LogP contribution in [0.4, 0.5) is 6.01 Å². The first-order chi connectivity index (χ1) is 7.81. The quantitative estimate of drug-likeness (QED) is 0.809. The van der Waals surface area contributed by atoms with Crippen molar-refractivity contribution in [2.45, 2.75) is 37.0 Å². The summed E-state index contributed by atoms with van der Waals surface area (Å²) < 4.78 is 5.43. The van der Waals surface area contributed by atoms with Crippen molar-refractivity contribution in [1.29, 1.82) is 0 Å². The molecule has 1 aromatic rings. The van der Waals surface area contributed by atoms with Crippen LogP contribution in [0.3, 0.4) is 0 Å². The summed E-state index contributed by atoms with van der Waals surface area (Å²) in [7, 11) is 0. The van der Waals surface area contributed by atoms with Gasteiger partial charge in [0, 0.05) is 24.3 Å². The third-order valence-electron chi connectivity index (χ3n) is 2.87. The van der Waals surface area contributed by atoms with Crippen molar-refractivity contribution >= 4 is 17.8 Å². The molecule has 0 spiro atoms. The fraction of sp³-hybridized carbons (Fsp3) is 0.800. The van der Waals surface area contributed by atoms with Crippen molar-refractivity contribution in [1.82, 2.24) is 10.2 Å². The van der Waals surface area contributed by atoms with Crippen LogP contribution < -0.4 is 11.1 Å². The Kier molecular flexibility index (Phi) is 4.06. The number of anilines is 1. The molecule has 3 N–H and O–H groups in total. The second kappa shape index (κ2) is 5.54. The molecule has 0 saturated heterocycles. The first-order valence-electron chi connectivity index (χ1n) is 5.63. The van der Waals surface area contributed by atoms with E-state index < -0.39 is 0 Å². The van der Waals surface area contributed by atoms with Crippen LogP contribution >= 0.6 is 11.8 Å². The van der Waals surface area contributed by atoms with Crippen molar-refractivity contribution in [2.75, 3.05) is 18.1 Å². The number of aromatic nitrogens is 2. The summed E-state index contributed by atoms with van der Waals surface area (Å²) in [6, 6.07) is 1.01. The molecule has 2 rings (SSSR count). The Morgan fingerprint density at radius 3 is 3.06 bits per heavy atom. The molecule has 2 atom stereocenters. The number of nitrogens with one attached hydrogen (secondary N) is 1. The summed E-state index contributed by atoms with van der Waals surface area (Å²) in [5, 5.41) is 11.9. The Morgan fingerprint density at radius 2 is 2.38 bits per heavy atom. The minimum Gasteiger partial charge on any atom is -0.408 e. The summed E-state index contributed by atoms with van der Waals surface area (Å²) in [5.41, 5.74) is 5.42. The molecule has 6 heteroatoms. The lowest BCUT2D eigenvalue weighted by molar-refractivity contribution is 0.499. The fourth-order valence-electron chi connectivity index (χ4n) is 2.00. The van der Waals surface area contributed by atoms with E-state index in [0.29, 0.717) is 30.9 Å². The monoisotopic (exact) mass is 242 g/mol. The summed E-state index contributed by atoms with van der Waals surface area (Å²) in [6.45, 7) is 0.541. The smallest absolute Gasteiger partial charge is 0.315 e. The third kappa shape index (κ3) is 2.89. The van der Waals surface area contributed by atoms with Gasteiger partial charge in [-0.2, -0.15) is 11.8 Å². The molecular formula is C10H18N4OS. The second-order valence-corrected chi connectivity index (χ2v) is 5.19. The SMILES string of the molecule is CSC1CCC(Nc2nnc(CCN)o2)C1. The molecule has 0 aromatic carbocycles. The molecule has 5 nitrogen and oxygen atoms in total. The van der Waals surface area contributed by atoms with E-state index in [1.54, 1.807) is 0 Å². The van der Waals surface area contributed by atoms with Crippen molar-refractivity contribution in [3.05, 3.63) is 5.89 Å². The summed E-state index contributed by atoms with van der Waals surface area (Å²) >= 11 is 1.94. The molecule has 1 aliphatic carbocycles. The molecule has 1 fully saturated rings. The average Bonchev–Trinajstić information content (AvgIpc) is 2.89. The molecule has 1 saturated carbocycles. The number of hydrogen-bond donors (Lipinski definition) is 2. The fourth-order valence-corrected chi connectivity index (χ4v) is 2.79. The predicted molar refractivity (Wildman–Crippen MR) is 65.6 cm³/mol. The number of nitrogens with two attached hydrogens (primary N) is 1. The average molecular weight is 242 g/mol. The molecule has 0 aliphatic heterocycles. The first kappa shape index (κ1) is 11.7. The highest BCUT2D eigenvalue weighted by Gasteiger charge is 2.24. The number of hydrogen-bond acceptors (Lipinski definition) is 6. The topological polar surface area (TPSA) is 77.0 Å². The van der Waals surface area contributed by atoms with Crippen LogP contribution in [0.2, 0.25) is 0 Å². The van der Waals surface area contributed by atoms with Gasteiger partial charge in [0.15, 0.2) is 0 Å². The van der Waals surface area contributed by atoms with E-state index in [0.717, 1.165) is 5.25 Å². The summed E-state index contributed by atoms with van der Waals surface area (Å²) in [4.78, 5) is 0. The number of nitrogens with zero attached hydrogens (tertiary/aromatic N) is 2. The minimum absolute atomic E-state index is 0.476. The van der Waals surface area contributed by atoms with Gasteiger partial charge in [0.2, 0.25) is 5.89 Å². The van der Waals surface area contributed by atoms with Gasteiger partial charge in [0.05, 0.1) is 0 Å². The highest BCUT2D eigenvalue weighted by Crippen LogP contribution is 2.29. The molecule has 1 aliphatic rings. The molecule has 1 heterocycles. The molecule has 0 bridgehead atoms. The van der Waals surface area contributed by atoms with E-state index >= 15 is 0 Å². The third-order valence-corrected chi connectivity index (χ3v) is 3.97.